The van der Waals surface area contributed by atoms with E-state index in [2.05, 4.69) is 18.3 Å². The third-order valence-electron chi connectivity index (χ3n) is 2.18. The normalized spacial score (nSPS) is 9.75. The van der Waals surface area contributed by atoms with E-state index in [0.717, 1.165) is 30.8 Å². The van der Waals surface area contributed by atoms with Crippen molar-refractivity contribution < 1.29 is 4.74 Å². The van der Waals surface area contributed by atoms with Crippen molar-refractivity contribution in [1.29, 1.82) is 5.26 Å². The van der Waals surface area contributed by atoms with Crippen LogP contribution in [-0.2, 0) is 6.42 Å². The third-order valence-corrected chi connectivity index (χ3v) is 2.18. The van der Waals surface area contributed by atoms with Gasteiger partial charge in [0.2, 0.25) is 0 Å². The number of nitrogens with one attached hydrogen (secondary N) is 1. The largest absolute Gasteiger partial charge is 0.492 e. The molecule has 0 radical (unpaired) electrons. The molecule has 0 aliphatic rings. The maximum Gasteiger partial charge on any atom is 0.119 e. The molecule has 0 aromatic heterocycles. The monoisotopic (exact) mass is 218 g/mol. The maximum absolute atomic E-state index is 8.52. The number of rotatable bonds is 7. The summed E-state index contributed by atoms with van der Waals surface area (Å²) in [6, 6.07) is 9.79. The summed E-state index contributed by atoms with van der Waals surface area (Å²) in [6.07, 6.45) is 1.60. The predicted octanol–water partition coefficient (Wildman–Crippen LogP) is 2.13. The molecule has 0 heterocycles. The molecule has 3 heteroatoms. The number of hydrogen-bond donors (Lipinski definition) is 1. The van der Waals surface area contributed by atoms with Gasteiger partial charge in [0, 0.05) is 6.54 Å². The van der Waals surface area contributed by atoms with Crippen molar-refractivity contribution in [3.63, 3.8) is 0 Å². The molecule has 0 unspecified atom stereocenters. The second-order valence-corrected chi connectivity index (χ2v) is 3.58. The van der Waals surface area contributed by atoms with Crippen LogP contribution in [0, 0.1) is 11.3 Å². The molecule has 86 valence electrons. The first kappa shape index (κ1) is 12.5. The molecule has 0 aliphatic carbocycles. The van der Waals surface area contributed by atoms with Crippen molar-refractivity contribution in [3.8, 4) is 11.8 Å². The Bertz CT molecular complexity index is 327. The molecule has 0 spiro atoms. The molecule has 1 rings (SSSR count). The van der Waals surface area contributed by atoms with Crippen molar-refractivity contribution in [3.05, 3.63) is 29.8 Å². The topological polar surface area (TPSA) is 45.0 Å². The fourth-order valence-corrected chi connectivity index (χ4v) is 1.34. The number of nitrogens with zero attached hydrogens (tertiary/aromatic N) is 1. The molecule has 16 heavy (non-hydrogen) atoms. The van der Waals surface area contributed by atoms with Crippen LogP contribution in [0.5, 0.6) is 5.75 Å². The lowest BCUT2D eigenvalue weighted by Crippen LogP contribution is -2.21. The van der Waals surface area contributed by atoms with Crippen molar-refractivity contribution in [1.82, 2.24) is 5.32 Å². The van der Waals surface area contributed by atoms with Gasteiger partial charge in [0.1, 0.15) is 12.4 Å². The summed E-state index contributed by atoms with van der Waals surface area (Å²) in [5.41, 5.74) is 1.03. The van der Waals surface area contributed by atoms with Crippen LogP contribution >= 0.6 is 0 Å². The van der Waals surface area contributed by atoms with Gasteiger partial charge in [-0.1, -0.05) is 19.1 Å². The average Bonchev–Trinajstić information content (AvgIpc) is 2.31. The van der Waals surface area contributed by atoms with E-state index in [1.165, 1.54) is 0 Å². The van der Waals surface area contributed by atoms with E-state index in [-0.39, 0.29) is 0 Å². The van der Waals surface area contributed by atoms with Gasteiger partial charge in [-0.15, -0.1) is 0 Å². The van der Waals surface area contributed by atoms with E-state index in [9.17, 15) is 0 Å². The van der Waals surface area contributed by atoms with Gasteiger partial charge in [-0.2, -0.15) is 5.26 Å². The summed E-state index contributed by atoms with van der Waals surface area (Å²) >= 11 is 0. The molecule has 3 nitrogen and oxygen atoms in total. The van der Waals surface area contributed by atoms with Crippen LogP contribution in [0.1, 0.15) is 18.9 Å². The van der Waals surface area contributed by atoms with Crippen molar-refractivity contribution in [2.75, 3.05) is 19.7 Å². The van der Waals surface area contributed by atoms with E-state index in [1.54, 1.807) is 0 Å². The fourth-order valence-electron chi connectivity index (χ4n) is 1.34. The summed E-state index contributed by atoms with van der Waals surface area (Å²) < 4.78 is 5.54. The zero-order valence-electron chi connectivity index (χ0n) is 9.70. The van der Waals surface area contributed by atoms with Gasteiger partial charge >= 0.3 is 0 Å². The molecule has 0 saturated heterocycles. The zero-order valence-corrected chi connectivity index (χ0v) is 9.70. The minimum atomic E-state index is 0.457. The Hall–Kier alpha value is -1.53. The van der Waals surface area contributed by atoms with E-state index < -0.39 is 0 Å². The second kappa shape index (κ2) is 7.72. The summed E-state index contributed by atoms with van der Waals surface area (Å²) in [5.74, 6) is 0.861. The molecule has 1 aromatic carbocycles. The minimum absolute atomic E-state index is 0.457. The van der Waals surface area contributed by atoms with Crippen molar-refractivity contribution in [2.45, 2.75) is 19.8 Å². The molecule has 0 bridgehead atoms. The Morgan fingerprint density at radius 2 is 2.00 bits per heavy atom. The second-order valence-electron chi connectivity index (χ2n) is 3.58. The first-order valence-electron chi connectivity index (χ1n) is 5.66. The Morgan fingerprint density at radius 3 is 2.62 bits per heavy atom. The number of nitriles is 1. The smallest absolute Gasteiger partial charge is 0.119 e. The van der Waals surface area contributed by atoms with Gasteiger partial charge < -0.3 is 10.1 Å². The molecule has 0 saturated carbocycles. The summed E-state index contributed by atoms with van der Waals surface area (Å²) in [5, 5.41) is 11.8. The average molecular weight is 218 g/mol. The van der Waals surface area contributed by atoms with Crippen LogP contribution in [0.25, 0.3) is 0 Å². The Balaban J connectivity index is 2.24. The SMILES string of the molecule is CCCNCCOc1ccc(CC#N)cc1. The molecule has 0 atom stereocenters. The maximum atomic E-state index is 8.52. The van der Waals surface area contributed by atoms with Crippen molar-refractivity contribution in [2.24, 2.45) is 0 Å². The van der Waals surface area contributed by atoms with Gasteiger partial charge in [-0.25, -0.2) is 0 Å². The van der Waals surface area contributed by atoms with E-state index >= 15 is 0 Å². The highest BCUT2D eigenvalue weighted by molar-refractivity contribution is 5.28. The number of benzene rings is 1. The first-order chi connectivity index (χ1) is 7.86. The third kappa shape index (κ3) is 4.81. The highest BCUT2D eigenvalue weighted by Gasteiger charge is 1.94. The van der Waals surface area contributed by atoms with E-state index in [0.29, 0.717) is 13.0 Å². The standard InChI is InChI=1S/C13H18N2O/c1-2-9-15-10-11-16-13-5-3-12(4-6-13)7-8-14/h3-6,15H,2,7,9-11H2,1H3. The number of hydrogen-bond acceptors (Lipinski definition) is 3. The van der Waals surface area contributed by atoms with Crippen molar-refractivity contribution >= 4 is 0 Å². The molecular weight excluding hydrogens is 200 g/mol. The van der Waals surface area contributed by atoms with Crippen LogP contribution in [0.2, 0.25) is 0 Å². The summed E-state index contributed by atoms with van der Waals surface area (Å²) in [6.45, 7) is 4.72. The quantitative estimate of drug-likeness (QED) is 0.713. The van der Waals surface area contributed by atoms with Crippen LogP contribution < -0.4 is 10.1 Å². The highest BCUT2D eigenvalue weighted by Crippen LogP contribution is 2.11. The Morgan fingerprint density at radius 1 is 1.25 bits per heavy atom. The molecule has 1 aromatic rings. The summed E-state index contributed by atoms with van der Waals surface area (Å²) in [4.78, 5) is 0. The van der Waals surface area contributed by atoms with Gasteiger partial charge in [0.25, 0.3) is 0 Å². The molecule has 0 amide bonds. The van der Waals surface area contributed by atoms with Crippen LogP contribution in [-0.4, -0.2) is 19.7 Å². The highest BCUT2D eigenvalue weighted by atomic mass is 16.5. The molecule has 1 N–H and O–H groups in total. The van der Waals surface area contributed by atoms with Crippen LogP contribution in [0.4, 0.5) is 0 Å². The summed E-state index contributed by atoms with van der Waals surface area (Å²) in [7, 11) is 0. The lowest BCUT2D eigenvalue weighted by molar-refractivity contribution is 0.314. The van der Waals surface area contributed by atoms with Gasteiger partial charge in [0.15, 0.2) is 0 Å². The Labute approximate surface area is 97.0 Å². The molecule has 0 fully saturated rings. The molecular formula is C13H18N2O. The van der Waals surface area contributed by atoms with E-state index in [4.69, 9.17) is 10.00 Å². The fraction of sp³-hybridized carbons (Fsp3) is 0.462. The van der Waals surface area contributed by atoms with Gasteiger partial charge in [-0.3, -0.25) is 0 Å². The predicted molar refractivity (Wildman–Crippen MR) is 64.4 cm³/mol. The van der Waals surface area contributed by atoms with Crippen LogP contribution in [0.15, 0.2) is 24.3 Å². The first-order valence-corrected chi connectivity index (χ1v) is 5.66. The van der Waals surface area contributed by atoms with Gasteiger partial charge in [0.05, 0.1) is 12.5 Å². The minimum Gasteiger partial charge on any atom is -0.492 e. The lowest BCUT2D eigenvalue weighted by Gasteiger charge is -2.07. The molecule has 0 aliphatic heterocycles. The van der Waals surface area contributed by atoms with Crippen LogP contribution in [0.3, 0.4) is 0 Å². The lowest BCUT2D eigenvalue weighted by atomic mass is 10.2. The Kier molecular flexibility index (Phi) is 6.05. The van der Waals surface area contributed by atoms with Gasteiger partial charge in [-0.05, 0) is 30.7 Å². The van der Waals surface area contributed by atoms with E-state index in [1.807, 2.05) is 24.3 Å². The zero-order chi connectivity index (χ0) is 11.6. The number of ether oxygens (including phenoxy) is 1.